The number of thiazole rings is 1. The number of hydrogen-bond donors (Lipinski definition) is 2. The Labute approximate surface area is 189 Å². The molecule has 4 N–H and O–H groups in total. The molecule has 2 heterocycles. The number of carbonyl (C=O) groups is 1. The van der Waals surface area contributed by atoms with Crippen LogP contribution >= 0.6 is 11.3 Å². The van der Waals surface area contributed by atoms with Gasteiger partial charge in [-0.2, -0.15) is 0 Å². The summed E-state index contributed by atoms with van der Waals surface area (Å²) < 4.78 is 7.22. The van der Waals surface area contributed by atoms with Crippen molar-refractivity contribution in [2.45, 2.75) is 6.92 Å². The number of carbonyl (C=O) groups excluding carboxylic acids is 1. The van der Waals surface area contributed by atoms with E-state index in [4.69, 9.17) is 16.2 Å². The number of allylic oxidation sites excluding steroid dienone is 2. The third-order valence-corrected chi connectivity index (χ3v) is 5.87. The summed E-state index contributed by atoms with van der Waals surface area (Å²) in [6.07, 6.45) is 6.12. The van der Waals surface area contributed by atoms with Gasteiger partial charge in [0.05, 0.1) is 20.7 Å². The average molecular weight is 443 g/mol. The zero-order valence-corrected chi connectivity index (χ0v) is 18.4. The van der Waals surface area contributed by atoms with Gasteiger partial charge in [-0.1, -0.05) is 12.6 Å². The number of nitrogens with two attached hydrogens (primary N) is 2. The van der Waals surface area contributed by atoms with Gasteiger partial charge in [0.25, 0.3) is 0 Å². The van der Waals surface area contributed by atoms with E-state index in [0.29, 0.717) is 11.3 Å². The quantitative estimate of drug-likeness (QED) is 0.320. The zero-order chi connectivity index (χ0) is 22.7. The van der Waals surface area contributed by atoms with Crippen molar-refractivity contribution in [3.63, 3.8) is 0 Å². The highest BCUT2D eigenvalue weighted by atomic mass is 32.1. The molecule has 0 atom stereocenters. The molecule has 2 aromatic carbocycles. The van der Waals surface area contributed by atoms with Crippen LogP contribution in [-0.4, -0.2) is 22.5 Å². The van der Waals surface area contributed by atoms with Gasteiger partial charge in [-0.05, 0) is 78.4 Å². The number of nitrogens with zero attached hydrogens (tertiary/aromatic N) is 2. The van der Waals surface area contributed by atoms with E-state index in [1.807, 2.05) is 43.3 Å². The lowest BCUT2D eigenvalue weighted by atomic mass is 10.0. The second-order valence-electron chi connectivity index (χ2n) is 7.18. The van der Waals surface area contributed by atoms with Gasteiger partial charge in [0.2, 0.25) is 5.91 Å². The second-order valence-corrected chi connectivity index (χ2v) is 8.42. The number of fused-ring (bicyclic) bond motifs is 2. The monoisotopic (exact) mass is 442 g/mol. The third-order valence-electron chi connectivity index (χ3n) is 4.93. The molecular formula is C25H22N4O2S. The Morgan fingerprint density at radius 3 is 2.81 bits per heavy atom. The first-order valence-corrected chi connectivity index (χ1v) is 10.7. The highest BCUT2D eigenvalue weighted by Gasteiger charge is 2.13. The van der Waals surface area contributed by atoms with E-state index in [2.05, 4.69) is 22.6 Å². The van der Waals surface area contributed by atoms with Gasteiger partial charge in [0.1, 0.15) is 12.4 Å². The van der Waals surface area contributed by atoms with Crippen molar-refractivity contribution in [2.75, 3.05) is 6.61 Å². The standard InChI is InChI=1S/C25H22N4O2S/c1-15(19(25(27)30)5-3-9-26)14-31-23-12-18(11-22-20(23)6-4-10-28-22)17-7-8-21-24(13-17)32-16(2)29-21/h3-13H,1,14,26H2,2H3,(H2,27,30)/b9-3-,19-5+. The molecule has 32 heavy (non-hydrogen) atoms. The lowest BCUT2D eigenvalue weighted by molar-refractivity contribution is -0.114. The minimum absolute atomic E-state index is 0.0910. The van der Waals surface area contributed by atoms with E-state index in [1.165, 1.54) is 18.4 Å². The molecule has 0 unspecified atom stereocenters. The molecule has 0 spiro atoms. The maximum absolute atomic E-state index is 11.8. The van der Waals surface area contributed by atoms with Gasteiger partial charge in [-0.25, -0.2) is 4.98 Å². The fourth-order valence-corrected chi connectivity index (χ4v) is 4.29. The van der Waals surface area contributed by atoms with Crippen LogP contribution < -0.4 is 16.2 Å². The largest absolute Gasteiger partial charge is 0.488 e. The van der Waals surface area contributed by atoms with Crippen LogP contribution in [0.3, 0.4) is 0 Å². The molecule has 2 aromatic heterocycles. The van der Waals surface area contributed by atoms with Crippen LogP contribution in [0.25, 0.3) is 32.2 Å². The Kier molecular flexibility index (Phi) is 6.00. The van der Waals surface area contributed by atoms with E-state index in [0.717, 1.165) is 37.3 Å². The highest BCUT2D eigenvalue weighted by Crippen LogP contribution is 2.34. The first kappa shape index (κ1) is 21.3. The number of aromatic nitrogens is 2. The number of benzene rings is 2. The van der Waals surface area contributed by atoms with Crippen LogP contribution in [0.1, 0.15) is 5.01 Å². The lowest BCUT2D eigenvalue weighted by Gasteiger charge is -2.14. The summed E-state index contributed by atoms with van der Waals surface area (Å²) in [7, 11) is 0. The summed E-state index contributed by atoms with van der Waals surface area (Å²) in [6.45, 7) is 6.04. The molecule has 4 rings (SSSR count). The van der Waals surface area contributed by atoms with Crippen LogP contribution in [0.4, 0.5) is 0 Å². The normalized spacial score (nSPS) is 12.0. The number of primary amides is 1. The molecule has 1 amide bonds. The molecule has 0 fully saturated rings. The number of aryl methyl sites for hydroxylation is 1. The summed E-state index contributed by atoms with van der Waals surface area (Å²) >= 11 is 1.66. The topological polar surface area (TPSA) is 104 Å². The Bertz CT molecular complexity index is 1400. The molecule has 6 nitrogen and oxygen atoms in total. The van der Waals surface area contributed by atoms with Crippen LogP contribution in [0, 0.1) is 6.92 Å². The van der Waals surface area contributed by atoms with Gasteiger partial charge in [0.15, 0.2) is 0 Å². The van der Waals surface area contributed by atoms with Crippen LogP contribution in [0.15, 0.2) is 84.7 Å². The smallest absolute Gasteiger partial charge is 0.249 e. The summed E-state index contributed by atoms with van der Waals surface area (Å²) in [5.41, 5.74) is 15.4. The summed E-state index contributed by atoms with van der Waals surface area (Å²) in [5.74, 6) is 0.0515. The van der Waals surface area contributed by atoms with Gasteiger partial charge in [0, 0.05) is 17.2 Å². The molecule has 0 radical (unpaired) electrons. The van der Waals surface area contributed by atoms with E-state index >= 15 is 0 Å². The molecule has 0 saturated heterocycles. The van der Waals surface area contributed by atoms with Gasteiger partial charge in [-0.3, -0.25) is 9.78 Å². The lowest BCUT2D eigenvalue weighted by Crippen LogP contribution is -2.18. The maximum Gasteiger partial charge on any atom is 0.249 e. The Balaban J connectivity index is 1.70. The molecule has 160 valence electrons. The summed E-state index contributed by atoms with van der Waals surface area (Å²) in [5, 5.41) is 1.90. The van der Waals surface area contributed by atoms with Crippen molar-refractivity contribution in [2.24, 2.45) is 11.5 Å². The average Bonchev–Trinajstić information content (AvgIpc) is 3.16. The van der Waals surface area contributed by atoms with E-state index in [1.54, 1.807) is 17.5 Å². The molecule has 0 aliphatic rings. The molecular weight excluding hydrogens is 420 g/mol. The SMILES string of the molecule is C=C(COc1cc(-c2ccc3nc(C)sc3c2)cc2ncccc12)/C(=C\C=C/N)C(N)=O. The van der Waals surface area contributed by atoms with Crippen molar-refractivity contribution in [1.82, 2.24) is 9.97 Å². The van der Waals surface area contributed by atoms with Gasteiger partial charge >= 0.3 is 0 Å². The molecule has 4 aromatic rings. The van der Waals surface area contributed by atoms with Gasteiger partial charge in [-0.15, -0.1) is 11.3 Å². The van der Waals surface area contributed by atoms with Crippen molar-refractivity contribution >= 4 is 38.4 Å². The fraction of sp³-hybridized carbons (Fsp3) is 0.0800. The van der Waals surface area contributed by atoms with Crippen molar-refractivity contribution in [1.29, 1.82) is 0 Å². The molecule has 0 aliphatic heterocycles. The number of amides is 1. The maximum atomic E-state index is 11.8. The minimum atomic E-state index is -0.592. The Hall–Kier alpha value is -3.97. The number of ether oxygens (including phenoxy) is 1. The van der Waals surface area contributed by atoms with Crippen LogP contribution in [-0.2, 0) is 4.79 Å². The molecule has 7 heteroatoms. The van der Waals surface area contributed by atoms with Crippen molar-refractivity contribution in [3.05, 3.63) is 89.7 Å². The van der Waals surface area contributed by atoms with Gasteiger partial charge < -0.3 is 16.2 Å². The second kappa shape index (κ2) is 9.03. The molecule has 0 aliphatic carbocycles. The minimum Gasteiger partial charge on any atom is -0.488 e. The van der Waals surface area contributed by atoms with E-state index in [-0.39, 0.29) is 12.2 Å². The number of rotatable bonds is 7. The van der Waals surface area contributed by atoms with Crippen molar-refractivity contribution in [3.8, 4) is 16.9 Å². The van der Waals surface area contributed by atoms with Crippen LogP contribution in [0.2, 0.25) is 0 Å². The first-order valence-electron chi connectivity index (χ1n) is 9.92. The van der Waals surface area contributed by atoms with E-state index in [9.17, 15) is 4.79 Å². The zero-order valence-electron chi connectivity index (χ0n) is 17.5. The van der Waals surface area contributed by atoms with Crippen LogP contribution in [0.5, 0.6) is 5.75 Å². The Morgan fingerprint density at radius 1 is 1.19 bits per heavy atom. The molecule has 0 bridgehead atoms. The van der Waals surface area contributed by atoms with E-state index < -0.39 is 5.91 Å². The number of pyridine rings is 1. The predicted octanol–water partition coefficient (Wildman–Crippen LogP) is 4.64. The van der Waals surface area contributed by atoms with Crippen molar-refractivity contribution < 1.29 is 9.53 Å². The summed E-state index contributed by atoms with van der Waals surface area (Å²) in [6, 6.07) is 14.0. The Morgan fingerprint density at radius 2 is 2.03 bits per heavy atom. The molecule has 0 saturated carbocycles. The fourth-order valence-electron chi connectivity index (χ4n) is 3.42. The third kappa shape index (κ3) is 4.38. The first-order chi connectivity index (χ1) is 15.5. The predicted molar refractivity (Wildman–Crippen MR) is 130 cm³/mol. The summed E-state index contributed by atoms with van der Waals surface area (Å²) in [4.78, 5) is 20.8. The number of hydrogen-bond acceptors (Lipinski definition) is 6. The highest BCUT2D eigenvalue weighted by molar-refractivity contribution is 7.18.